The monoisotopic (exact) mass is 197 g/mol. The number of amides is 1. The molecule has 0 spiro atoms. The Kier molecular flexibility index (Phi) is 3.06. The average Bonchev–Trinajstić information content (AvgIpc) is 2.01. The minimum absolute atomic E-state index is 0.0456. The number of aromatic hydroxyl groups is 1. The molecular weight excluding hydrogens is 185 g/mol. The largest absolute Gasteiger partial charge is 0.508 e. The van der Waals surface area contributed by atoms with Crippen molar-refractivity contribution in [3.8, 4) is 5.75 Å². The fourth-order valence-corrected chi connectivity index (χ4v) is 1.03. The van der Waals surface area contributed by atoms with Gasteiger partial charge in [0, 0.05) is 12.1 Å². The van der Waals surface area contributed by atoms with Crippen LogP contribution in [-0.4, -0.2) is 17.1 Å². The number of phenols is 1. The first kappa shape index (κ1) is 10.5. The third-order valence-corrected chi connectivity index (χ3v) is 1.62. The van der Waals surface area contributed by atoms with Crippen LogP contribution < -0.4 is 5.32 Å². The van der Waals surface area contributed by atoms with Gasteiger partial charge in [-0.25, -0.2) is 4.39 Å². The summed E-state index contributed by atoms with van der Waals surface area (Å²) in [4.78, 5) is 11.4. The van der Waals surface area contributed by atoms with E-state index in [0.29, 0.717) is 0 Å². The Morgan fingerprint density at radius 2 is 2.14 bits per heavy atom. The number of benzene rings is 1. The van der Waals surface area contributed by atoms with E-state index in [1.807, 2.05) is 0 Å². The minimum Gasteiger partial charge on any atom is -0.508 e. The second-order valence-corrected chi connectivity index (χ2v) is 3.29. The van der Waals surface area contributed by atoms with Crippen molar-refractivity contribution in [3.63, 3.8) is 0 Å². The van der Waals surface area contributed by atoms with E-state index in [2.05, 4.69) is 5.32 Å². The van der Waals surface area contributed by atoms with Crippen molar-refractivity contribution in [2.45, 2.75) is 19.9 Å². The maximum atomic E-state index is 13.1. The SMILES string of the molecule is CC(C)NC(=O)c1ccc(O)cc1F. The van der Waals surface area contributed by atoms with Gasteiger partial charge in [0.2, 0.25) is 0 Å². The molecule has 0 saturated heterocycles. The van der Waals surface area contributed by atoms with E-state index >= 15 is 0 Å². The first-order valence-electron chi connectivity index (χ1n) is 4.30. The lowest BCUT2D eigenvalue weighted by Gasteiger charge is -2.08. The highest BCUT2D eigenvalue weighted by Crippen LogP contribution is 2.14. The molecule has 3 nitrogen and oxygen atoms in total. The zero-order chi connectivity index (χ0) is 10.7. The molecule has 4 heteroatoms. The lowest BCUT2D eigenvalue weighted by molar-refractivity contribution is 0.0939. The van der Waals surface area contributed by atoms with Gasteiger partial charge >= 0.3 is 0 Å². The standard InChI is InChI=1S/C10H12FNO2/c1-6(2)12-10(14)8-4-3-7(13)5-9(8)11/h3-6,13H,1-2H3,(H,12,14). The summed E-state index contributed by atoms with van der Waals surface area (Å²) >= 11 is 0. The summed E-state index contributed by atoms with van der Waals surface area (Å²) in [5.74, 6) is -1.38. The maximum Gasteiger partial charge on any atom is 0.254 e. The van der Waals surface area contributed by atoms with E-state index in [4.69, 9.17) is 5.11 Å². The summed E-state index contributed by atoms with van der Waals surface area (Å²) in [6, 6.07) is 3.39. The molecule has 1 aromatic carbocycles. The molecule has 1 amide bonds. The van der Waals surface area contributed by atoms with Crippen molar-refractivity contribution in [2.75, 3.05) is 0 Å². The van der Waals surface area contributed by atoms with Gasteiger partial charge in [-0.1, -0.05) is 0 Å². The van der Waals surface area contributed by atoms with Crippen LogP contribution >= 0.6 is 0 Å². The number of carbonyl (C=O) groups excluding carboxylic acids is 1. The molecule has 0 aliphatic rings. The quantitative estimate of drug-likeness (QED) is 0.757. The Bertz CT molecular complexity index is 350. The van der Waals surface area contributed by atoms with Gasteiger partial charge in [0.05, 0.1) is 5.56 Å². The maximum absolute atomic E-state index is 13.1. The Morgan fingerprint density at radius 1 is 1.50 bits per heavy atom. The summed E-state index contributed by atoms with van der Waals surface area (Å²) in [7, 11) is 0. The van der Waals surface area contributed by atoms with E-state index in [1.165, 1.54) is 12.1 Å². The van der Waals surface area contributed by atoms with E-state index in [1.54, 1.807) is 13.8 Å². The summed E-state index contributed by atoms with van der Waals surface area (Å²) < 4.78 is 13.1. The topological polar surface area (TPSA) is 49.3 Å². The van der Waals surface area contributed by atoms with Gasteiger partial charge < -0.3 is 10.4 Å². The highest BCUT2D eigenvalue weighted by molar-refractivity contribution is 5.94. The van der Waals surface area contributed by atoms with Gasteiger partial charge in [-0.3, -0.25) is 4.79 Å². The molecule has 0 saturated carbocycles. The number of halogens is 1. The summed E-state index contributed by atoms with van der Waals surface area (Å²) in [5, 5.41) is 11.5. The number of nitrogens with one attached hydrogen (secondary N) is 1. The van der Waals surface area contributed by atoms with Crippen molar-refractivity contribution >= 4 is 5.91 Å². The molecule has 0 heterocycles. The van der Waals surface area contributed by atoms with Gasteiger partial charge in [0.15, 0.2) is 0 Å². The van der Waals surface area contributed by atoms with Crippen LogP contribution in [0.25, 0.3) is 0 Å². The van der Waals surface area contributed by atoms with Crippen molar-refractivity contribution in [3.05, 3.63) is 29.6 Å². The average molecular weight is 197 g/mol. The lowest BCUT2D eigenvalue weighted by Crippen LogP contribution is -2.30. The Morgan fingerprint density at radius 3 is 2.64 bits per heavy atom. The molecule has 0 radical (unpaired) electrons. The van der Waals surface area contributed by atoms with Crippen molar-refractivity contribution in [1.82, 2.24) is 5.32 Å². The number of carbonyl (C=O) groups is 1. The van der Waals surface area contributed by atoms with Crippen molar-refractivity contribution in [1.29, 1.82) is 0 Å². The number of hydrogen-bond acceptors (Lipinski definition) is 2. The predicted octanol–water partition coefficient (Wildman–Crippen LogP) is 1.67. The Hall–Kier alpha value is -1.58. The zero-order valence-electron chi connectivity index (χ0n) is 8.04. The molecule has 0 aromatic heterocycles. The molecule has 0 fully saturated rings. The summed E-state index contributed by atoms with van der Waals surface area (Å²) in [5.41, 5.74) is -0.0588. The lowest BCUT2D eigenvalue weighted by atomic mass is 10.2. The molecule has 76 valence electrons. The van der Waals surface area contributed by atoms with Gasteiger partial charge in [-0.15, -0.1) is 0 Å². The fourth-order valence-electron chi connectivity index (χ4n) is 1.03. The third-order valence-electron chi connectivity index (χ3n) is 1.62. The van der Waals surface area contributed by atoms with Crippen LogP contribution in [0.4, 0.5) is 4.39 Å². The summed E-state index contributed by atoms with van der Waals surface area (Å²) in [6.07, 6.45) is 0. The minimum atomic E-state index is -0.719. The molecule has 0 aliphatic heterocycles. The predicted molar refractivity (Wildman–Crippen MR) is 50.7 cm³/mol. The van der Waals surface area contributed by atoms with Gasteiger partial charge in [-0.05, 0) is 26.0 Å². The van der Waals surface area contributed by atoms with Crippen molar-refractivity contribution < 1.29 is 14.3 Å². The molecule has 2 N–H and O–H groups in total. The van der Waals surface area contributed by atoms with Crippen LogP contribution in [-0.2, 0) is 0 Å². The number of hydrogen-bond donors (Lipinski definition) is 2. The highest BCUT2D eigenvalue weighted by Gasteiger charge is 2.12. The van der Waals surface area contributed by atoms with Crippen LogP contribution in [0.5, 0.6) is 5.75 Å². The molecule has 1 rings (SSSR count). The van der Waals surface area contributed by atoms with Crippen LogP contribution in [0.2, 0.25) is 0 Å². The highest BCUT2D eigenvalue weighted by atomic mass is 19.1. The second-order valence-electron chi connectivity index (χ2n) is 3.29. The first-order valence-corrected chi connectivity index (χ1v) is 4.30. The van der Waals surface area contributed by atoms with Gasteiger partial charge in [0.1, 0.15) is 11.6 Å². The van der Waals surface area contributed by atoms with Crippen LogP contribution in [0.3, 0.4) is 0 Å². The molecule has 0 unspecified atom stereocenters. The van der Waals surface area contributed by atoms with E-state index in [0.717, 1.165) is 6.07 Å². The molecule has 1 aromatic rings. The van der Waals surface area contributed by atoms with E-state index < -0.39 is 11.7 Å². The first-order chi connectivity index (χ1) is 6.50. The molecular formula is C10H12FNO2. The van der Waals surface area contributed by atoms with E-state index in [-0.39, 0.29) is 17.4 Å². The third kappa shape index (κ3) is 2.45. The molecule has 14 heavy (non-hydrogen) atoms. The zero-order valence-corrected chi connectivity index (χ0v) is 8.04. The molecule has 0 bridgehead atoms. The van der Waals surface area contributed by atoms with Crippen LogP contribution in [0.15, 0.2) is 18.2 Å². The van der Waals surface area contributed by atoms with Gasteiger partial charge in [0.25, 0.3) is 5.91 Å². The van der Waals surface area contributed by atoms with Gasteiger partial charge in [-0.2, -0.15) is 0 Å². The summed E-state index contributed by atoms with van der Waals surface area (Å²) in [6.45, 7) is 3.58. The molecule has 0 atom stereocenters. The second kappa shape index (κ2) is 4.09. The van der Waals surface area contributed by atoms with Crippen LogP contribution in [0.1, 0.15) is 24.2 Å². The Labute approximate surface area is 81.6 Å². The number of phenolic OH excluding ortho intramolecular Hbond substituents is 1. The van der Waals surface area contributed by atoms with Crippen LogP contribution in [0, 0.1) is 5.82 Å². The van der Waals surface area contributed by atoms with Crippen molar-refractivity contribution in [2.24, 2.45) is 0 Å². The fraction of sp³-hybridized carbons (Fsp3) is 0.300. The molecule has 0 aliphatic carbocycles. The number of rotatable bonds is 2. The normalized spacial score (nSPS) is 10.3. The van der Waals surface area contributed by atoms with E-state index in [9.17, 15) is 9.18 Å². The Balaban J connectivity index is 2.90. The smallest absolute Gasteiger partial charge is 0.254 e.